The smallest absolute Gasteiger partial charge is 0.142 e. The Balaban J connectivity index is 2.10. The van der Waals surface area contributed by atoms with Gasteiger partial charge in [-0.25, -0.2) is 9.97 Å². The van der Waals surface area contributed by atoms with E-state index in [0.717, 1.165) is 27.5 Å². The molecule has 0 bridgehead atoms. The molecule has 3 nitrogen and oxygen atoms in total. The Hall–Kier alpha value is -1.94. The Kier molecular flexibility index (Phi) is 2.72. The summed E-state index contributed by atoms with van der Waals surface area (Å²) in [6.45, 7) is 4.01. The van der Waals surface area contributed by atoms with Crippen molar-refractivity contribution in [1.82, 2.24) is 9.97 Å². The number of anilines is 2. The third-order valence-corrected chi connectivity index (χ3v) is 3.61. The number of rotatable bonds is 2. The van der Waals surface area contributed by atoms with Crippen LogP contribution in [0.25, 0.3) is 10.2 Å². The van der Waals surface area contributed by atoms with E-state index in [-0.39, 0.29) is 0 Å². The van der Waals surface area contributed by atoms with E-state index < -0.39 is 0 Å². The molecule has 0 radical (unpaired) electrons. The Morgan fingerprint density at radius 3 is 2.61 bits per heavy atom. The molecule has 90 valence electrons. The molecule has 1 aromatic carbocycles. The van der Waals surface area contributed by atoms with E-state index in [4.69, 9.17) is 0 Å². The molecule has 2 aromatic heterocycles. The summed E-state index contributed by atoms with van der Waals surface area (Å²) in [5.41, 5.74) is 1.04. The van der Waals surface area contributed by atoms with Crippen molar-refractivity contribution < 1.29 is 0 Å². The minimum atomic E-state index is 0.794. The van der Waals surface area contributed by atoms with Gasteiger partial charge < -0.3 is 5.32 Å². The first kappa shape index (κ1) is 11.2. The predicted molar refractivity (Wildman–Crippen MR) is 76.6 cm³/mol. The monoisotopic (exact) mass is 255 g/mol. The fourth-order valence-corrected chi connectivity index (χ4v) is 2.83. The molecule has 0 unspecified atom stereocenters. The predicted octanol–water partition coefficient (Wildman–Crippen LogP) is 4.05. The maximum absolute atomic E-state index is 4.49. The van der Waals surface area contributed by atoms with Crippen LogP contribution in [0.1, 0.15) is 10.7 Å². The molecule has 1 N–H and O–H groups in total. The lowest BCUT2D eigenvalue weighted by Gasteiger charge is -2.07. The average molecular weight is 255 g/mol. The highest BCUT2D eigenvalue weighted by molar-refractivity contribution is 7.18. The standard InChI is InChI=1S/C14H13N3S/c1-9-8-12-13(15-10(2)16-14(12)18-9)17-11-6-4-3-5-7-11/h3-8H,1-2H3,(H,15,16,17). The van der Waals surface area contributed by atoms with Crippen LogP contribution in [-0.4, -0.2) is 9.97 Å². The summed E-state index contributed by atoms with van der Waals surface area (Å²) < 4.78 is 0. The van der Waals surface area contributed by atoms with E-state index >= 15 is 0 Å². The molecule has 0 aliphatic heterocycles. The molecule has 0 spiro atoms. The SMILES string of the molecule is Cc1nc(Nc2ccccc2)c2cc(C)sc2n1. The number of hydrogen-bond acceptors (Lipinski definition) is 4. The van der Waals surface area contributed by atoms with Gasteiger partial charge >= 0.3 is 0 Å². The van der Waals surface area contributed by atoms with Gasteiger partial charge in [-0.05, 0) is 32.0 Å². The summed E-state index contributed by atoms with van der Waals surface area (Å²) in [6.07, 6.45) is 0. The third-order valence-electron chi connectivity index (χ3n) is 2.66. The van der Waals surface area contributed by atoms with Crippen LogP contribution in [-0.2, 0) is 0 Å². The highest BCUT2D eigenvalue weighted by atomic mass is 32.1. The van der Waals surface area contributed by atoms with Crippen molar-refractivity contribution >= 4 is 33.1 Å². The molecule has 0 aliphatic carbocycles. The summed E-state index contributed by atoms with van der Waals surface area (Å²) in [4.78, 5) is 11.3. The quantitative estimate of drug-likeness (QED) is 0.750. The van der Waals surface area contributed by atoms with Gasteiger partial charge in [0.05, 0.1) is 5.39 Å². The molecule has 0 fully saturated rings. The number of fused-ring (bicyclic) bond motifs is 1. The lowest BCUT2D eigenvalue weighted by atomic mass is 10.3. The minimum absolute atomic E-state index is 0.794. The molecule has 0 saturated carbocycles. The molecule has 2 heterocycles. The van der Waals surface area contributed by atoms with E-state index in [1.807, 2.05) is 37.3 Å². The molecular weight excluding hydrogens is 242 g/mol. The van der Waals surface area contributed by atoms with E-state index in [1.54, 1.807) is 11.3 Å². The zero-order valence-electron chi connectivity index (χ0n) is 10.3. The highest BCUT2D eigenvalue weighted by Crippen LogP contribution is 2.29. The fourth-order valence-electron chi connectivity index (χ4n) is 1.90. The second kappa shape index (κ2) is 4.38. The molecule has 4 heteroatoms. The van der Waals surface area contributed by atoms with Crippen molar-refractivity contribution in [3.05, 3.63) is 47.1 Å². The lowest BCUT2D eigenvalue weighted by molar-refractivity contribution is 1.10. The van der Waals surface area contributed by atoms with Gasteiger partial charge in [0.25, 0.3) is 0 Å². The minimum Gasteiger partial charge on any atom is -0.340 e. The number of para-hydroxylation sites is 1. The van der Waals surface area contributed by atoms with Gasteiger partial charge in [-0.3, -0.25) is 0 Å². The second-order valence-corrected chi connectivity index (χ2v) is 5.42. The third kappa shape index (κ3) is 2.07. The summed E-state index contributed by atoms with van der Waals surface area (Å²) in [7, 11) is 0. The Labute approximate surface area is 110 Å². The van der Waals surface area contributed by atoms with Crippen molar-refractivity contribution in [2.75, 3.05) is 5.32 Å². The topological polar surface area (TPSA) is 37.8 Å². The lowest BCUT2D eigenvalue weighted by Crippen LogP contribution is -1.97. The van der Waals surface area contributed by atoms with Crippen LogP contribution in [0.5, 0.6) is 0 Å². The van der Waals surface area contributed by atoms with Crippen LogP contribution in [0.15, 0.2) is 36.4 Å². The Morgan fingerprint density at radius 2 is 1.83 bits per heavy atom. The van der Waals surface area contributed by atoms with Crippen LogP contribution in [0.2, 0.25) is 0 Å². The van der Waals surface area contributed by atoms with Crippen molar-refractivity contribution in [2.45, 2.75) is 13.8 Å². The van der Waals surface area contributed by atoms with Gasteiger partial charge in [-0.15, -0.1) is 11.3 Å². The maximum atomic E-state index is 4.49. The van der Waals surface area contributed by atoms with Crippen molar-refractivity contribution in [3.63, 3.8) is 0 Å². The zero-order chi connectivity index (χ0) is 12.5. The van der Waals surface area contributed by atoms with Gasteiger partial charge in [0.1, 0.15) is 16.5 Å². The summed E-state index contributed by atoms with van der Waals surface area (Å²) in [5, 5.41) is 4.45. The van der Waals surface area contributed by atoms with E-state index in [0.29, 0.717) is 0 Å². The highest BCUT2D eigenvalue weighted by Gasteiger charge is 2.08. The first-order valence-corrected chi connectivity index (χ1v) is 6.61. The first-order chi connectivity index (χ1) is 8.72. The van der Waals surface area contributed by atoms with Crippen molar-refractivity contribution in [2.24, 2.45) is 0 Å². The molecule has 0 saturated heterocycles. The van der Waals surface area contributed by atoms with Crippen LogP contribution >= 0.6 is 11.3 Å². The molecule has 18 heavy (non-hydrogen) atoms. The normalized spacial score (nSPS) is 10.8. The van der Waals surface area contributed by atoms with Crippen LogP contribution in [0.3, 0.4) is 0 Å². The summed E-state index contributed by atoms with van der Waals surface area (Å²) >= 11 is 1.70. The second-order valence-electron chi connectivity index (χ2n) is 4.19. The van der Waals surface area contributed by atoms with Gasteiger partial charge in [0, 0.05) is 10.6 Å². The van der Waals surface area contributed by atoms with Crippen molar-refractivity contribution in [1.29, 1.82) is 0 Å². The first-order valence-electron chi connectivity index (χ1n) is 5.79. The number of nitrogens with one attached hydrogen (secondary N) is 1. The van der Waals surface area contributed by atoms with Gasteiger partial charge in [-0.1, -0.05) is 18.2 Å². The number of aryl methyl sites for hydroxylation is 2. The Morgan fingerprint density at radius 1 is 1.06 bits per heavy atom. The zero-order valence-corrected chi connectivity index (χ0v) is 11.1. The molecule has 0 atom stereocenters. The van der Waals surface area contributed by atoms with Crippen LogP contribution < -0.4 is 5.32 Å². The molecule has 3 rings (SSSR count). The van der Waals surface area contributed by atoms with Gasteiger partial charge in [0.2, 0.25) is 0 Å². The van der Waals surface area contributed by atoms with E-state index in [1.165, 1.54) is 4.88 Å². The van der Waals surface area contributed by atoms with E-state index in [9.17, 15) is 0 Å². The maximum Gasteiger partial charge on any atom is 0.142 e. The largest absolute Gasteiger partial charge is 0.340 e. The van der Waals surface area contributed by atoms with Gasteiger partial charge in [0.15, 0.2) is 0 Å². The van der Waals surface area contributed by atoms with Gasteiger partial charge in [-0.2, -0.15) is 0 Å². The number of benzene rings is 1. The van der Waals surface area contributed by atoms with Crippen molar-refractivity contribution in [3.8, 4) is 0 Å². The number of aromatic nitrogens is 2. The molecule has 0 amide bonds. The number of thiophene rings is 1. The number of nitrogens with zero attached hydrogens (tertiary/aromatic N) is 2. The molecule has 3 aromatic rings. The fraction of sp³-hybridized carbons (Fsp3) is 0.143. The molecule has 0 aliphatic rings. The Bertz CT molecular complexity index is 689. The molecular formula is C14H13N3S. The summed E-state index contributed by atoms with van der Waals surface area (Å²) in [6, 6.07) is 12.2. The average Bonchev–Trinajstić information content (AvgIpc) is 2.71. The number of hydrogen-bond donors (Lipinski definition) is 1. The van der Waals surface area contributed by atoms with E-state index in [2.05, 4.69) is 28.3 Å². The van der Waals surface area contributed by atoms with Crippen LogP contribution in [0.4, 0.5) is 11.5 Å². The van der Waals surface area contributed by atoms with Crippen LogP contribution in [0, 0.1) is 13.8 Å². The summed E-state index contributed by atoms with van der Waals surface area (Å²) in [5.74, 6) is 1.68.